The van der Waals surface area contributed by atoms with E-state index in [0.717, 1.165) is 0 Å². The first-order valence-electron chi connectivity index (χ1n) is 4.36. The molecule has 0 saturated heterocycles. The van der Waals surface area contributed by atoms with Gasteiger partial charge in [0.1, 0.15) is 0 Å². The number of aromatic nitrogens is 1. The molecule has 0 fully saturated rings. The summed E-state index contributed by atoms with van der Waals surface area (Å²) in [5, 5.41) is -0.975. The summed E-state index contributed by atoms with van der Waals surface area (Å²) in [4.78, 5) is 26.1. The predicted molar refractivity (Wildman–Crippen MR) is 56.2 cm³/mol. The maximum absolute atomic E-state index is 11.1. The maximum atomic E-state index is 11.1. The van der Waals surface area contributed by atoms with Gasteiger partial charge in [0.25, 0.3) is 0 Å². The number of hydrogen-bond acceptors (Lipinski definition) is 5. The van der Waals surface area contributed by atoms with E-state index in [2.05, 4.69) is 14.5 Å². The van der Waals surface area contributed by atoms with E-state index in [9.17, 15) is 9.59 Å². The van der Waals surface area contributed by atoms with Crippen molar-refractivity contribution in [3.63, 3.8) is 0 Å². The summed E-state index contributed by atoms with van der Waals surface area (Å²) < 4.78 is 8.96. The summed E-state index contributed by atoms with van der Waals surface area (Å²) in [6.07, 6.45) is 1.29. The quantitative estimate of drug-likeness (QED) is 0.592. The topological polar surface area (TPSA) is 65.5 Å². The minimum atomic E-state index is -0.975. The van der Waals surface area contributed by atoms with E-state index in [0.29, 0.717) is 11.3 Å². The molecule has 16 heavy (non-hydrogen) atoms. The standard InChI is InChI=1S/C10H10ClNO4/c1-15-9(13)6-3-4-7(12-5-6)8(11)10(14)16-2/h3-5,8H,1-2H3. The van der Waals surface area contributed by atoms with Gasteiger partial charge in [-0.05, 0) is 12.1 Å². The number of rotatable bonds is 3. The summed E-state index contributed by atoms with van der Waals surface area (Å²) in [6, 6.07) is 2.95. The Morgan fingerprint density at radius 2 is 2.00 bits per heavy atom. The number of nitrogens with zero attached hydrogens (tertiary/aromatic N) is 1. The van der Waals surface area contributed by atoms with Gasteiger partial charge < -0.3 is 9.47 Å². The molecule has 6 heteroatoms. The highest BCUT2D eigenvalue weighted by molar-refractivity contribution is 6.29. The highest BCUT2D eigenvalue weighted by atomic mass is 35.5. The van der Waals surface area contributed by atoms with Gasteiger partial charge in [-0.1, -0.05) is 0 Å². The lowest BCUT2D eigenvalue weighted by Crippen LogP contribution is -2.11. The molecule has 0 aromatic carbocycles. The number of methoxy groups -OCH3 is 2. The van der Waals surface area contributed by atoms with E-state index in [1.54, 1.807) is 0 Å². The zero-order valence-electron chi connectivity index (χ0n) is 8.77. The van der Waals surface area contributed by atoms with E-state index >= 15 is 0 Å². The van der Waals surface area contributed by atoms with E-state index in [4.69, 9.17) is 11.6 Å². The minimum absolute atomic E-state index is 0.292. The van der Waals surface area contributed by atoms with Gasteiger partial charge in [-0.15, -0.1) is 11.6 Å². The largest absolute Gasteiger partial charge is 0.468 e. The first kappa shape index (κ1) is 12.4. The molecule has 0 aliphatic carbocycles. The maximum Gasteiger partial charge on any atom is 0.339 e. The zero-order chi connectivity index (χ0) is 12.1. The molecule has 5 nitrogen and oxygen atoms in total. The smallest absolute Gasteiger partial charge is 0.339 e. The summed E-state index contributed by atoms with van der Waals surface area (Å²) in [5.41, 5.74) is 0.612. The van der Waals surface area contributed by atoms with Crippen molar-refractivity contribution in [2.24, 2.45) is 0 Å². The third-order valence-electron chi connectivity index (χ3n) is 1.88. The number of hydrogen-bond donors (Lipinski definition) is 0. The van der Waals surface area contributed by atoms with Crippen LogP contribution in [0.5, 0.6) is 0 Å². The van der Waals surface area contributed by atoms with Crippen molar-refractivity contribution in [2.75, 3.05) is 14.2 Å². The molecule has 0 N–H and O–H groups in total. The van der Waals surface area contributed by atoms with Crippen molar-refractivity contribution in [1.82, 2.24) is 4.98 Å². The van der Waals surface area contributed by atoms with E-state index < -0.39 is 17.3 Å². The first-order valence-corrected chi connectivity index (χ1v) is 4.80. The lowest BCUT2D eigenvalue weighted by atomic mass is 10.2. The molecule has 1 atom stereocenters. The molecule has 0 amide bonds. The molecule has 0 aliphatic heterocycles. The van der Waals surface area contributed by atoms with Crippen LogP contribution in [0.1, 0.15) is 21.4 Å². The average molecular weight is 244 g/mol. The minimum Gasteiger partial charge on any atom is -0.468 e. The average Bonchev–Trinajstić information content (AvgIpc) is 2.36. The number of halogens is 1. The molecule has 1 unspecified atom stereocenters. The van der Waals surface area contributed by atoms with Crippen LogP contribution in [-0.2, 0) is 14.3 Å². The van der Waals surface area contributed by atoms with Crippen LogP contribution >= 0.6 is 11.6 Å². The molecule has 0 aliphatic rings. The molecule has 1 rings (SSSR count). The molecule has 1 aromatic heterocycles. The predicted octanol–water partition coefficient (Wildman–Crippen LogP) is 1.32. The Morgan fingerprint density at radius 1 is 1.31 bits per heavy atom. The van der Waals surface area contributed by atoms with Crippen LogP contribution in [-0.4, -0.2) is 31.1 Å². The number of alkyl halides is 1. The van der Waals surface area contributed by atoms with Crippen LogP contribution in [0.3, 0.4) is 0 Å². The Kier molecular flexibility index (Phi) is 4.25. The molecule has 0 bridgehead atoms. The molecule has 1 aromatic rings. The van der Waals surface area contributed by atoms with Crippen molar-refractivity contribution in [1.29, 1.82) is 0 Å². The monoisotopic (exact) mass is 243 g/mol. The number of carbonyl (C=O) groups excluding carboxylic acids is 2. The molecule has 86 valence electrons. The van der Waals surface area contributed by atoms with E-state index in [-0.39, 0.29) is 0 Å². The first-order chi connectivity index (χ1) is 7.60. The molecule has 1 heterocycles. The zero-order valence-corrected chi connectivity index (χ0v) is 9.52. The lowest BCUT2D eigenvalue weighted by Gasteiger charge is -2.06. The summed E-state index contributed by atoms with van der Waals surface area (Å²) in [6.45, 7) is 0. The van der Waals surface area contributed by atoms with Gasteiger partial charge in [-0.2, -0.15) is 0 Å². The Labute approximate surface area is 97.3 Å². The van der Waals surface area contributed by atoms with Gasteiger partial charge in [-0.3, -0.25) is 9.78 Å². The van der Waals surface area contributed by atoms with Crippen LogP contribution in [0.2, 0.25) is 0 Å². The SMILES string of the molecule is COC(=O)c1ccc(C(Cl)C(=O)OC)nc1. The van der Waals surface area contributed by atoms with Crippen LogP contribution in [0, 0.1) is 0 Å². The fourth-order valence-corrected chi connectivity index (χ4v) is 1.24. The number of carbonyl (C=O) groups is 2. The number of esters is 2. The number of ether oxygens (including phenoxy) is 2. The normalized spacial score (nSPS) is 11.7. The highest BCUT2D eigenvalue weighted by Gasteiger charge is 2.19. The Morgan fingerprint density at radius 3 is 2.44 bits per heavy atom. The summed E-state index contributed by atoms with van der Waals surface area (Å²) in [5.74, 6) is -1.09. The second-order valence-electron chi connectivity index (χ2n) is 2.85. The van der Waals surface area contributed by atoms with E-state index in [1.807, 2.05) is 0 Å². The Hall–Kier alpha value is -1.62. The van der Waals surface area contributed by atoms with Crippen molar-refractivity contribution in [3.05, 3.63) is 29.6 Å². The van der Waals surface area contributed by atoms with Gasteiger partial charge in [0, 0.05) is 6.20 Å². The third kappa shape index (κ3) is 2.70. The lowest BCUT2D eigenvalue weighted by molar-refractivity contribution is -0.140. The summed E-state index contributed by atoms with van der Waals surface area (Å²) in [7, 11) is 2.51. The molecular weight excluding hydrogens is 234 g/mol. The van der Waals surface area contributed by atoms with Crippen molar-refractivity contribution in [2.45, 2.75) is 5.38 Å². The van der Waals surface area contributed by atoms with Crippen molar-refractivity contribution in [3.8, 4) is 0 Å². The third-order valence-corrected chi connectivity index (χ3v) is 2.28. The fourth-order valence-electron chi connectivity index (χ4n) is 1.02. The Balaban J connectivity index is 2.86. The second kappa shape index (κ2) is 5.46. The molecule has 0 radical (unpaired) electrons. The van der Waals surface area contributed by atoms with Crippen LogP contribution in [0.25, 0.3) is 0 Å². The van der Waals surface area contributed by atoms with Crippen molar-refractivity contribution < 1.29 is 19.1 Å². The highest BCUT2D eigenvalue weighted by Crippen LogP contribution is 2.19. The van der Waals surface area contributed by atoms with Crippen LogP contribution in [0.15, 0.2) is 18.3 Å². The van der Waals surface area contributed by atoms with Crippen LogP contribution < -0.4 is 0 Å². The molecular formula is C10H10ClNO4. The van der Waals surface area contributed by atoms with Gasteiger partial charge >= 0.3 is 11.9 Å². The van der Waals surface area contributed by atoms with Gasteiger partial charge in [-0.25, -0.2) is 4.79 Å². The van der Waals surface area contributed by atoms with Crippen LogP contribution in [0.4, 0.5) is 0 Å². The molecule has 0 spiro atoms. The summed E-state index contributed by atoms with van der Waals surface area (Å²) >= 11 is 5.77. The van der Waals surface area contributed by atoms with Gasteiger partial charge in [0.05, 0.1) is 25.5 Å². The van der Waals surface area contributed by atoms with Gasteiger partial charge in [0.2, 0.25) is 0 Å². The second-order valence-corrected chi connectivity index (χ2v) is 3.29. The molecule has 0 saturated carbocycles. The van der Waals surface area contributed by atoms with E-state index in [1.165, 1.54) is 32.5 Å². The van der Waals surface area contributed by atoms with Gasteiger partial charge in [0.15, 0.2) is 5.38 Å². The number of pyridine rings is 1. The Bertz CT molecular complexity index is 390. The van der Waals surface area contributed by atoms with Crippen molar-refractivity contribution >= 4 is 23.5 Å². The fraction of sp³-hybridized carbons (Fsp3) is 0.300.